The lowest BCUT2D eigenvalue weighted by Crippen LogP contribution is -2.28. The number of hydrogen-bond donors (Lipinski definition) is 2. The Labute approximate surface area is 145 Å². The summed E-state index contributed by atoms with van der Waals surface area (Å²) in [7, 11) is 0. The third kappa shape index (κ3) is 3.94. The number of nitrogens with one attached hydrogen (secondary N) is 2. The second-order valence-corrected chi connectivity index (χ2v) is 5.81. The summed E-state index contributed by atoms with van der Waals surface area (Å²) in [6.07, 6.45) is 1.74. The van der Waals surface area contributed by atoms with Crippen molar-refractivity contribution >= 4 is 23.3 Å². The molecule has 0 spiro atoms. The molecule has 0 unspecified atom stereocenters. The van der Waals surface area contributed by atoms with E-state index in [0.717, 1.165) is 16.9 Å². The van der Waals surface area contributed by atoms with Crippen LogP contribution in [0.4, 0.5) is 10.5 Å². The topological polar surface area (TPSA) is 59.0 Å². The number of rotatable bonds is 4. The molecular weight excluding hydrogens is 324 g/mol. The molecule has 2 N–H and O–H groups in total. The summed E-state index contributed by atoms with van der Waals surface area (Å²) in [6.45, 7) is 2.38. The standard InChI is InChI=1S/C18H17ClN4O/c1-13-8-9-21-23(13)17-7-3-6-16(11-17)22-18(24)20-12-14-4-2-5-15(19)10-14/h2-11H,12H2,1H3,(H2,20,22,24). The van der Waals surface area contributed by atoms with Gasteiger partial charge in [-0.3, -0.25) is 0 Å². The normalized spacial score (nSPS) is 10.4. The number of carbonyl (C=O) groups is 1. The average Bonchev–Trinajstić information content (AvgIpc) is 2.99. The summed E-state index contributed by atoms with van der Waals surface area (Å²) in [6, 6.07) is 16.6. The Morgan fingerprint density at radius 2 is 2.00 bits per heavy atom. The molecular formula is C18H17ClN4O. The van der Waals surface area contributed by atoms with E-state index in [0.29, 0.717) is 17.3 Å². The number of hydrogen-bond acceptors (Lipinski definition) is 2. The van der Waals surface area contributed by atoms with Gasteiger partial charge in [-0.25, -0.2) is 9.48 Å². The van der Waals surface area contributed by atoms with Crippen LogP contribution < -0.4 is 10.6 Å². The second-order valence-electron chi connectivity index (χ2n) is 5.37. The fourth-order valence-electron chi connectivity index (χ4n) is 2.36. The Hall–Kier alpha value is -2.79. The number of aromatic nitrogens is 2. The highest BCUT2D eigenvalue weighted by atomic mass is 35.5. The Bertz CT molecular complexity index is 859. The summed E-state index contributed by atoms with van der Waals surface area (Å²) < 4.78 is 1.81. The van der Waals surface area contributed by atoms with Gasteiger partial charge in [0.1, 0.15) is 0 Å². The highest BCUT2D eigenvalue weighted by molar-refractivity contribution is 6.30. The van der Waals surface area contributed by atoms with Gasteiger partial charge in [-0.2, -0.15) is 5.10 Å². The Balaban J connectivity index is 1.63. The zero-order valence-corrected chi connectivity index (χ0v) is 13.9. The van der Waals surface area contributed by atoms with E-state index >= 15 is 0 Å². The van der Waals surface area contributed by atoms with Crippen LogP contribution in [0.25, 0.3) is 5.69 Å². The van der Waals surface area contributed by atoms with Crippen LogP contribution in [-0.2, 0) is 6.54 Å². The van der Waals surface area contributed by atoms with Crippen molar-refractivity contribution in [3.8, 4) is 5.69 Å². The number of aryl methyl sites for hydroxylation is 1. The molecule has 0 radical (unpaired) electrons. The summed E-state index contributed by atoms with van der Waals surface area (Å²) in [5, 5.41) is 10.5. The van der Waals surface area contributed by atoms with Gasteiger partial charge in [-0.1, -0.05) is 29.8 Å². The van der Waals surface area contributed by atoms with Crippen LogP contribution in [0.15, 0.2) is 60.8 Å². The van der Waals surface area contributed by atoms with Crippen molar-refractivity contribution < 1.29 is 4.79 Å². The van der Waals surface area contributed by atoms with Gasteiger partial charge in [0.15, 0.2) is 0 Å². The molecule has 0 saturated heterocycles. The van der Waals surface area contributed by atoms with Crippen LogP contribution >= 0.6 is 11.6 Å². The zero-order chi connectivity index (χ0) is 16.9. The quantitative estimate of drug-likeness (QED) is 0.749. The van der Waals surface area contributed by atoms with E-state index in [4.69, 9.17) is 11.6 Å². The highest BCUT2D eigenvalue weighted by Crippen LogP contribution is 2.16. The van der Waals surface area contributed by atoms with Crippen molar-refractivity contribution in [1.82, 2.24) is 15.1 Å². The van der Waals surface area contributed by atoms with Gasteiger partial charge in [0.2, 0.25) is 0 Å². The van der Waals surface area contributed by atoms with Crippen LogP contribution in [0.3, 0.4) is 0 Å². The van der Waals surface area contributed by atoms with Gasteiger partial charge < -0.3 is 10.6 Å². The van der Waals surface area contributed by atoms with E-state index in [1.807, 2.05) is 60.1 Å². The molecule has 1 aromatic heterocycles. The summed E-state index contributed by atoms with van der Waals surface area (Å²) in [5.41, 5.74) is 3.56. The maximum Gasteiger partial charge on any atom is 0.319 e. The fraction of sp³-hybridized carbons (Fsp3) is 0.111. The van der Waals surface area contributed by atoms with Gasteiger partial charge >= 0.3 is 6.03 Å². The van der Waals surface area contributed by atoms with E-state index in [2.05, 4.69) is 15.7 Å². The Kier molecular flexibility index (Phi) is 4.82. The molecule has 0 atom stereocenters. The van der Waals surface area contributed by atoms with E-state index in [1.54, 1.807) is 12.3 Å². The van der Waals surface area contributed by atoms with Crippen LogP contribution in [0.5, 0.6) is 0 Å². The first-order chi connectivity index (χ1) is 11.6. The van der Waals surface area contributed by atoms with Crippen LogP contribution in [0.2, 0.25) is 5.02 Å². The molecule has 2 amide bonds. The zero-order valence-electron chi connectivity index (χ0n) is 13.2. The molecule has 5 nitrogen and oxygen atoms in total. The van der Waals surface area contributed by atoms with E-state index in [-0.39, 0.29) is 6.03 Å². The van der Waals surface area contributed by atoms with Gasteiger partial charge in [0.25, 0.3) is 0 Å². The lowest BCUT2D eigenvalue weighted by Gasteiger charge is -2.10. The number of amides is 2. The molecule has 0 aliphatic rings. The summed E-state index contributed by atoms with van der Waals surface area (Å²) >= 11 is 5.93. The number of anilines is 1. The summed E-state index contributed by atoms with van der Waals surface area (Å²) in [5.74, 6) is 0. The smallest absolute Gasteiger partial charge is 0.319 e. The first-order valence-corrected chi connectivity index (χ1v) is 7.90. The number of halogens is 1. The lowest BCUT2D eigenvalue weighted by molar-refractivity contribution is 0.251. The van der Waals surface area contributed by atoms with Crippen molar-refractivity contribution in [3.63, 3.8) is 0 Å². The van der Waals surface area contributed by atoms with Gasteiger partial charge in [-0.15, -0.1) is 0 Å². The third-order valence-corrected chi connectivity index (χ3v) is 3.76. The molecule has 0 aliphatic carbocycles. The minimum atomic E-state index is -0.274. The van der Waals surface area contributed by atoms with Crippen molar-refractivity contribution in [2.75, 3.05) is 5.32 Å². The van der Waals surface area contributed by atoms with Crippen LogP contribution in [0, 0.1) is 6.92 Å². The first kappa shape index (κ1) is 16.1. The van der Waals surface area contributed by atoms with Gasteiger partial charge in [0, 0.05) is 29.1 Å². The minimum Gasteiger partial charge on any atom is -0.334 e. The number of urea groups is 1. The maximum absolute atomic E-state index is 12.1. The monoisotopic (exact) mass is 340 g/mol. The third-order valence-electron chi connectivity index (χ3n) is 3.52. The Morgan fingerprint density at radius 3 is 2.75 bits per heavy atom. The molecule has 122 valence electrons. The van der Waals surface area contributed by atoms with Crippen molar-refractivity contribution in [2.24, 2.45) is 0 Å². The summed E-state index contributed by atoms with van der Waals surface area (Å²) in [4.78, 5) is 12.1. The van der Waals surface area contributed by atoms with Gasteiger partial charge in [0.05, 0.1) is 5.69 Å². The number of benzene rings is 2. The average molecular weight is 341 g/mol. The molecule has 0 bridgehead atoms. The van der Waals surface area contributed by atoms with E-state index in [9.17, 15) is 4.79 Å². The van der Waals surface area contributed by atoms with Crippen molar-refractivity contribution in [2.45, 2.75) is 13.5 Å². The molecule has 0 aliphatic heterocycles. The molecule has 3 rings (SSSR count). The molecule has 0 fully saturated rings. The number of carbonyl (C=O) groups excluding carboxylic acids is 1. The maximum atomic E-state index is 12.1. The molecule has 1 heterocycles. The SMILES string of the molecule is Cc1ccnn1-c1cccc(NC(=O)NCc2cccc(Cl)c2)c1. The van der Waals surface area contributed by atoms with Crippen molar-refractivity contribution in [1.29, 1.82) is 0 Å². The largest absolute Gasteiger partial charge is 0.334 e. The molecule has 24 heavy (non-hydrogen) atoms. The molecule has 3 aromatic rings. The van der Waals surface area contributed by atoms with Crippen LogP contribution in [0.1, 0.15) is 11.3 Å². The Morgan fingerprint density at radius 1 is 1.17 bits per heavy atom. The minimum absolute atomic E-state index is 0.274. The lowest BCUT2D eigenvalue weighted by atomic mass is 10.2. The molecule has 2 aromatic carbocycles. The fourth-order valence-corrected chi connectivity index (χ4v) is 2.57. The first-order valence-electron chi connectivity index (χ1n) is 7.52. The van der Waals surface area contributed by atoms with E-state index < -0.39 is 0 Å². The predicted molar refractivity (Wildman–Crippen MR) is 95.6 cm³/mol. The van der Waals surface area contributed by atoms with Crippen LogP contribution in [-0.4, -0.2) is 15.8 Å². The predicted octanol–water partition coefficient (Wildman–Crippen LogP) is 4.16. The highest BCUT2D eigenvalue weighted by Gasteiger charge is 2.05. The second kappa shape index (κ2) is 7.19. The van der Waals surface area contributed by atoms with Gasteiger partial charge in [-0.05, 0) is 48.9 Å². The molecule has 6 heteroatoms. The van der Waals surface area contributed by atoms with Crippen molar-refractivity contribution in [3.05, 3.63) is 77.1 Å². The molecule has 0 saturated carbocycles. The van der Waals surface area contributed by atoms with E-state index in [1.165, 1.54) is 0 Å². The number of nitrogens with zero attached hydrogens (tertiary/aromatic N) is 2.